The highest BCUT2D eigenvalue weighted by Gasteiger charge is 2.26. The van der Waals surface area contributed by atoms with Gasteiger partial charge >= 0.3 is 0 Å². The molecular weight excluding hydrogens is 212 g/mol. The van der Waals surface area contributed by atoms with Gasteiger partial charge in [0.1, 0.15) is 0 Å². The van der Waals surface area contributed by atoms with Gasteiger partial charge in [0.25, 0.3) is 0 Å². The third kappa shape index (κ3) is 3.00. The molecule has 16 heavy (non-hydrogen) atoms. The summed E-state index contributed by atoms with van der Waals surface area (Å²) in [5, 5.41) is 0. The first-order chi connectivity index (χ1) is 7.36. The topological polar surface area (TPSA) is 35.2 Å². The van der Waals surface area contributed by atoms with E-state index in [1.54, 1.807) is 7.11 Å². The number of hydrogen-bond acceptors (Lipinski definition) is 2. The summed E-state index contributed by atoms with van der Waals surface area (Å²) in [6.07, 6.45) is 0.442. The standard InChI is InChI=1S/C12H17F2NO/c1-12(2,16-3)11(15)7-8-4-5-9(13)10(14)6-8/h4-6,11H,7,15H2,1-3H3. The quantitative estimate of drug-likeness (QED) is 0.859. The SMILES string of the molecule is COC(C)(C)C(N)Cc1ccc(F)c(F)c1. The molecule has 0 amide bonds. The van der Waals surface area contributed by atoms with Crippen LogP contribution < -0.4 is 5.73 Å². The van der Waals surface area contributed by atoms with Gasteiger partial charge in [-0.15, -0.1) is 0 Å². The van der Waals surface area contributed by atoms with E-state index >= 15 is 0 Å². The molecule has 4 heteroatoms. The van der Waals surface area contributed by atoms with Crippen molar-refractivity contribution in [3.05, 3.63) is 35.4 Å². The van der Waals surface area contributed by atoms with Crippen LogP contribution in [0.15, 0.2) is 18.2 Å². The summed E-state index contributed by atoms with van der Waals surface area (Å²) in [5.74, 6) is -1.69. The summed E-state index contributed by atoms with van der Waals surface area (Å²) >= 11 is 0. The Kier molecular flexibility index (Phi) is 3.99. The molecule has 0 fully saturated rings. The van der Waals surface area contributed by atoms with Crippen molar-refractivity contribution in [1.82, 2.24) is 0 Å². The van der Waals surface area contributed by atoms with Crippen LogP contribution in [0.25, 0.3) is 0 Å². The van der Waals surface area contributed by atoms with E-state index in [4.69, 9.17) is 10.5 Å². The smallest absolute Gasteiger partial charge is 0.159 e. The molecule has 1 rings (SSSR count). The number of nitrogens with two attached hydrogens (primary N) is 1. The minimum absolute atomic E-state index is 0.276. The van der Waals surface area contributed by atoms with E-state index in [2.05, 4.69) is 0 Å². The van der Waals surface area contributed by atoms with E-state index in [1.807, 2.05) is 13.8 Å². The van der Waals surface area contributed by atoms with Crippen LogP contribution in [0.3, 0.4) is 0 Å². The maximum atomic E-state index is 13.0. The minimum Gasteiger partial charge on any atom is -0.377 e. The van der Waals surface area contributed by atoms with Crippen molar-refractivity contribution in [2.45, 2.75) is 31.9 Å². The van der Waals surface area contributed by atoms with Crippen LogP contribution in [0.2, 0.25) is 0 Å². The van der Waals surface area contributed by atoms with Gasteiger partial charge in [-0.2, -0.15) is 0 Å². The Labute approximate surface area is 94.4 Å². The van der Waals surface area contributed by atoms with Gasteiger partial charge in [-0.05, 0) is 38.0 Å². The Balaban J connectivity index is 2.77. The fourth-order valence-corrected chi connectivity index (χ4v) is 1.32. The van der Waals surface area contributed by atoms with Gasteiger partial charge in [0.05, 0.1) is 5.60 Å². The predicted molar refractivity (Wildman–Crippen MR) is 59.1 cm³/mol. The number of hydrogen-bond donors (Lipinski definition) is 1. The highest BCUT2D eigenvalue weighted by atomic mass is 19.2. The largest absolute Gasteiger partial charge is 0.377 e. The maximum absolute atomic E-state index is 13.0. The Bertz CT molecular complexity index is 366. The van der Waals surface area contributed by atoms with Gasteiger partial charge in [-0.25, -0.2) is 8.78 Å². The summed E-state index contributed by atoms with van der Waals surface area (Å²) in [6, 6.07) is 3.53. The van der Waals surface area contributed by atoms with Crippen molar-refractivity contribution >= 4 is 0 Å². The second-order valence-electron chi connectivity index (χ2n) is 4.37. The molecule has 90 valence electrons. The zero-order valence-electron chi connectivity index (χ0n) is 9.76. The van der Waals surface area contributed by atoms with Gasteiger partial charge in [-0.3, -0.25) is 0 Å². The second-order valence-corrected chi connectivity index (χ2v) is 4.37. The first-order valence-electron chi connectivity index (χ1n) is 5.11. The molecule has 2 nitrogen and oxygen atoms in total. The molecule has 0 aliphatic carbocycles. The molecule has 1 aromatic rings. The molecule has 1 aromatic carbocycles. The van der Waals surface area contributed by atoms with Crippen LogP contribution in [0.1, 0.15) is 19.4 Å². The molecule has 0 saturated carbocycles. The zero-order valence-corrected chi connectivity index (χ0v) is 9.76. The Morgan fingerprint density at radius 2 is 1.94 bits per heavy atom. The Morgan fingerprint density at radius 3 is 2.44 bits per heavy atom. The van der Waals surface area contributed by atoms with Crippen molar-refractivity contribution in [3.8, 4) is 0 Å². The van der Waals surface area contributed by atoms with Crippen LogP contribution in [-0.4, -0.2) is 18.8 Å². The van der Waals surface area contributed by atoms with Crippen LogP contribution in [-0.2, 0) is 11.2 Å². The van der Waals surface area contributed by atoms with E-state index < -0.39 is 17.2 Å². The maximum Gasteiger partial charge on any atom is 0.159 e. The predicted octanol–water partition coefficient (Wildman–Crippen LogP) is 2.26. The molecule has 2 N–H and O–H groups in total. The number of methoxy groups -OCH3 is 1. The lowest BCUT2D eigenvalue weighted by molar-refractivity contribution is 0.000786. The zero-order chi connectivity index (χ0) is 12.3. The summed E-state index contributed by atoms with van der Waals surface area (Å²) < 4.78 is 30.9. The van der Waals surface area contributed by atoms with Crippen molar-refractivity contribution in [3.63, 3.8) is 0 Å². The fraction of sp³-hybridized carbons (Fsp3) is 0.500. The lowest BCUT2D eigenvalue weighted by Gasteiger charge is -2.30. The van der Waals surface area contributed by atoms with E-state index in [-0.39, 0.29) is 6.04 Å². The molecular formula is C12H17F2NO. The molecule has 0 heterocycles. The van der Waals surface area contributed by atoms with Gasteiger partial charge in [-0.1, -0.05) is 6.07 Å². The average Bonchev–Trinajstić information content (AvgIpc) is 2.23. The van der Waals surface area contributed by atoms with Crippen molar-refractivity contribution in [2.75, 3.05) is 7.11 Å². The first-order valence-corrected chi connectivity index (χ1v) is 5.11. The lowest BCUT2D eigenvalue weighted by Crippen LogP contribution is -2.46. The first kappa shape index (κ1) is 13.1. The summed E-state index contributed by atoms with van der Waals surface area (Å²) in [5.41, 5.74) is 6.11. The molecule has 0 aliphatic heterocycles. The second kappa shape index (κ2) is 4.89. The number of ether oxygens (including phenoxy) is 1. The van der Waals surface area contributed by atoms with E-state index in [0.29, 0.717) is 12.0 Å². The highest BCUT2D eigenvalue weighted by Crippen LogP contribution is 2.17. The summed E-state index contributed by atoms with van der Waals surface area (Å²) in [6.45, 7) is 3.72. The number of benzene rings is 1. The Morgan fingerprint density at radius 1 is 1.31 bits per heavy atom. The van der Waals surface area contributed by atoms with E-state index in [0.717, 1.165) is 6.07 Å². The van der Waals surface area contributed by atoms with Crippen LogP contribution in [0, 0.1) is 11.6 Å². The van der Waals surface area contributed by atoms with Gasteiger partial charge in [0, 0.05) is 13.2 Å². The molecule has 0 saturated heterocycles. The highest BCUT2D eigenvalue weighted by molar-refractivity contribution is 5.19. The monoisotopic (exact) mass is 229 g/mol. The molecule has 1 atom stereocenters. The summed E-state index contributed by atoms with van der Waals surface area (Å²) in [4.78, 5) is 0. The summed E-state index contributed by atoms with van der Waals surface area (Å²) in [7, 11) is 1.57. The van der Waals surface area contributed by atoms with Crippen molar-refractivity contribution in [1.29, 1.82) is 0 Å². The van der Waals surface area contributed by atoms with Gasteiger partial charge in [0.15, 0.2) is 11.6 Å². The third-order valence-corrected chi connectivity index (χ3v) is 2.86. The third-order valence-electron chi connectivity index (χ3n) is 2.86. The minimum atomic E-state index is -0.847. The van der Waals surface area contributed by atoms with Crippen LogP contribution >= 0.6 is 0 Å². The molecule has 0 bridgehead atoms. The molecule has 1 unspecified atom stereocenters. The molecule has 0 radical (unpaired) electrons. The fourth-order valence-electron chi connectivity index (χ4n) is 1.32. The lowest BCUT2D eigenvalue weighted by atomic mass is 9.93. The molecule has 0 spiro atoms. The number of rotatable bonds is 4. The van der Waals surface area contributed by atoms with Crippen molar-refractivity contribution < 1.29 is 13.5 Å². The van der Waals surface area contributed by atoms with Crippen molar-refractivity contribution in [2.24, 2.45) is 5.73 Å². The number of halogens is 2. The van der Waals surface area contributed by atoms with Gasteiger partial charge in [0.2, 0.25) is 0 Å². The molecule has 0 aromatic heterocycles. The van der Waals surface area contributed by atoms with Gasteiger partial charge < -0.3 is 10.5 Å². The van der Waals surface area contributed by atoms with Crippen LogP contribution in [0.4, 0.5) is 8.78 Å². The Hall–Kier alpha value is -1.00. The van der Waals surface area contributed by atoms with E-state index in [9.17, 15) is 8.78 Å². The molecule has 0 aliphatic rings. The van der Waals surface area contributed by atoms with Crippen LogP contribution in [0.5, 0.6) is 0 Å². The average molecular weight is 229 g/mol. The normalized spacial score (nSPS) is 13.9. The van der Waals surface area contributed by atoms with E-state index in [1.165, 1.54) is 12.1 Å².